The van der Waals surface area contributed by atoms with E-state index in [0.29, 0.717) is 38.3 Å². The summed E-state index contributed by atoms with van der Waals surface area (Å²) in [7, 11) is -3.41. The zero-order valence-corrected chi connectivity index (χ0v) is 15.7. The van der Waals surface area contributed by atoms with Crippen molar-refractivity contribution in [3.05, 3.63) is 65.5 Å². The van der Waals surface area contributed by atoms with E-state index in [9.17, 15) is 13.2 Å². The molecule has 2 heterocycles. The highest BCUT2D eigenvalue weighted by Crippen LogP contribution is 2.16. The monoisotopic (exact) mass is 373 g/mol. The summed E-state index contributed by atoms with van der Waals surface area (Å²) in [5, 5.41) is 0. The summed E-state index contributed by atoms with van der Waals surface area (Å²) >= 11 is 0. The molecule has 0 spiro atoms. The number of carbonyl (C=O) groups is 1. The maximum absolute atomic E-state index is 12.8. The molecule has 0 aliphatic carbocycles. The fourth-order valence-corrected chi connectivity index (χ4v) is 4.68. The molecule has 1 fully saturated rings. The van der Waals surface area contributed by atoms with Crippen LogP contribution in [0.5, 0.6) is 0 Å². The van der Waals surface area contributed by atoms with Crippen molar-refractivity contribution in [1.29, 1.82) is 0 Å². The molecule has 1 aromatic heterocycles. The van der Waals surface area contributed by atoms with Crippen molar-refractivity contribution in [2.75, 3.05) is 26.2 Å². The van der Waals surface area contributed by atoms with E-state index < -0.39 is 10.0 Å². The minimum absolute atomic E-state index is 0.0110. The molecule has 0 N–H and O–H groups in total. The first-order valence-electron chi connectivity index (χ1n) is 8.69. The van der Waals surface area contributed by atoms with Gasteiger partial charge in [-0.3, -0.25) is 9.78 Å². The normalized spacial score (nSPS) is 16.3. The van der Waals surface area contributed by atoms with Gasteiger partial charge in [-0.2, -0.15) is 4.31 Å². The molecule has 3 rings (SSSR count). The average molecular weight is 373 g/mol. The number of hydrogen-bond acceptors (Lipinski definition) is 4. The summed E-state index contributed by atoms with van der Waals surface area (Å²) in [6.07, 6.45) is 2.20. The van der Waals surface area contributed by atoms with E-state index in [-0.39, 0.29) is 11.7 Å². The standard InChI is InChI=1S/C19H23N3O3S/c1-16-6-4-7-17(14-16)15-26(24,25)22-11-5-10-21(12-13-22)19(23)18-8-2-3-9-20-18/h2-4,6-9,14H,5,10-13,15H2,1H3. The lowest BCUT2D eigenvalue weighted by Gasteiger charge is -2.22. The van der Waals surface area contributed by atoms with Gasteiger partial charge in [0.1, 0.15) is 5.69 Å². The molecule has 138 valence electrons. The van der Waals surface area contributed by atoms with Crippen LogP contribution < -0.4 is 0 Å². The largest absolute Gasteiger partial charge is 0.336 e. The van der Waals surface area contributed by atoms with Crippen molar-refractivity contribution in [2.24, 2.45) is 0 Å². The van der Waals surface area contributed by atoms with Crippen LogP contribution in [0.3, 0.4) is 0 Å². The Kier molecular flexibility index (Phi) is 5.68. The van der Waals surface area contributed by atoms with Gasteiger partial charge in [-0.05, 0) is 31.0 Å². The van der Waals surface area contributed by atoms with E-state index in [1.165, 1.54) is 4.31 Å². The van der Waals surface area contributed by atoms with Crippen molar-refractivity contribution >= 4 is 15.9 Å². The quantitative estimate of drug-likeness (QED) is 0.823. The maximum atomic E-state index is 12.8. The minimum atomic E-state index is -3.41. The van der Waals surface area contributed by atoms with Crippen LogP contribution in [0.2, 0.25) is 0 Å². The van der Waals surface area contributed by atoms with Crippen LogP contribution in [0.25, 0.3) is 0 Å². The van der Waals surface area contributed by atoms with Gasteiger partial charge in [-0.25, -0.2) is 8.42 Å². The van der Waals surface area contributed by atoms with E-state index in [1.807, 2.05) is 31.2 Å². The van der Waals surface area contributed by atoms with Crippen LogP contribution >= 0.6 is 0 Å². The van der Waals surface area contributed by atoms with Gasteiger partial charge in [0.2, 0.25) is 10.0 Å². The summed E-state index contributed by atoms with van der Waals surface area (Å²) < 4.78 is 27.1. The number of aryl methyl sites for hydroxylation is 1. The lowest BCUT2D eigenvalue weighted by atomic mass is 10.2. The van der Waals surface area contributed by atoms with E-state index in [0.717, 1.165) is 11.1 Å². The second-order valence-corrected chi connectivity index (χ2v) is 8.47. The molecule has 0 bridgehead atoms. The molecule has 0 saturated carbocycles. The molecule has 0 radical (unpaired) electrons. The Labute approximate surface area is 154 Å². The van der Waals surface area contributed by atoms with Gasteiger partial charge < -0.3 is 4.90 Å². The van der Waals surface area contributed by atoms with Gasteiger partial charge in [0, 0.05) is 32.4 Å². The number of carbonyl (C=O) groups excluding carboxylic acids is 1. The predicted octanol–water partition coefficient (Wildman–Crippen LogP) is 2.07. The molecular weight excluding hydrogens is 350 g/mol. The molecule has 6 nitrogen and oxygen atoms in total. The zero-order chi connectivity index (χ0) is 18.6. The number of rotatable bonds is 4. The van der Waals surface area contributed by atoms with Crippen LogP contribution in [-0.2, 0) is 15.8 Å². The Morgan fingerprint density at radius 1 is 1.08 bits per heavy atom. The summed E-state index contributed by atoms with van der Waals surface area (Å²) in [6.45, 7) is 3.60. The van der Waals surface area contributed by atoms with Crippen LogP contribution in [0.4, 0.5) is 0 Å². The summed E-state index contributed by atoms with van der Waals surface area (Å²) in [5.74, 6) is -0.161. The molecule has 0 atom stereocenters. The predicted molar refractivity (Wildman–Crippen MR) is 100 cm³/mol. The number of amides is 1. The van der Waals surface area contributed by atoms with Gasteiger partial charge >= 0.3 is 0 Å². The highest BCUT2D eigenvalue weighted by atomic mass is 32.2. The van der Waals surface area contributed by atoms with Gasteiger partial charge in [0.15, 0.2) is 0 Å². The van der Waals surface area contributed by atoms with E-state index >= 15 is 0 Å². The average Bonchev–Trinajstić information content (AvgIpc) is 2.88. The van der Waals surface area contributed by atoms with Crippen molar-refractivity contribution in [1.82, 2.24) is 14.2 Å². The molecule has 1 aliphatic heterocycles. The topological polar surface area (TPSA) is 70.6 Å². The highest BCUT2D eigenvalue weighted by Gasteiger charge is 2.27. The van der Waals surface area contributed by atoms with Crippen LogP contribution in [0, 0.1) is 6.92 Å². The summed E-state index contributed by atoms with van der Waals surface area (Å²) in [5.41, 5.74) is 2.22. The fraction of sp³-hybridized carbons (Fsp3) is 0.368. The second-order valence-electron chi connectivity index (χ2n) is 6.51. The second kappa shape index (κ2) is 7.97. The third-order valence-electron chi connectivity index (χ3n) is 4.45. The third-order valence-corrected chi connectivity index (χ3v) is 6.30. The van der Waals surface area contributed by atoms with Crippen molar-refractivity contribution in [3.63, 3.8) is 0 Å². The minimum Gasteiger partial charge on any atom is -0.336 e. The molecule has 0 unspecified atom stereocenters. The van der Waals surface area contributed by atoms with Crippen LogP contribution in [-0.4, -0.2) is 54.7 Å². The Balaban J connectivity index is 1.67. The van der Waals surface area contributed by atoms with Gasteiger partial charge in [0.05, 0.1) is 5.75 Å². The smallest absolute Gasteiger partial charge is 0.272 e. The van der Waals surface area contributed by atoms with Gasteiger partial charge in [-0.15, -0.1) is 0 Å². The molecule has 7 heteroatoms. The summed E-state index contributed by atoms with van der Waals surface area (Å²) in [6, 6.07) is 12.8. The SMILES string of the molecule is Cc1cccc(CS(=O)(=O)N2CCCN(C(=O)c3ccccn3)CC2)c1. The van der Waals surface area contributed by atoms with E-state index in [2.05, 4.69) is 4.98 Å². The van der Waals surface area contributed by atoms with E-state index in [4.69, 9.17) is 0 Å². The van der Waals surface area contributed by atoms with Crippen LogP contribution in [0.1, 0.15) is 28.0 Å². The van der Waals surface area contributed by atoms with Gasteiger partial charge in [-0.1, -0.05) is 35.9 Å². The van der Waals surface area contributed by atoms with Crippen molar-refractivity contribution in [2.45, 2.75) is 19.1 Å². The number of hydrogen-bond donors (Lipinski definition) is 0. The highest BCUT2D eigenvalue weighted by molar-refractivity contribution is 7.88. The summed E-state index contributed by atoms with van der Waals surface area (Å²) in [4.78, 5) is 18.3. The molecular formula is C19H23N3O3S. The van der Waals surface area contributed by atoms with E-state index in [1.54, 1.807) is 29.3 Å². The Morgan fingerprint density at radius 2 is 1.92 bits per heavy atom. The zero-order valence-electron chi connectivity index (χ0n) is 14.8. The number of pyridine rings is 1. The molecule has 1 aliphatic rings. The molecule has 26 heavy (non-hydrogen) atoms. The first-order valence-corrected chi connectivity index (χ1v) is 10.3. The first-order chi connectivity index (χ1) is 12.5. The number of aromatic nitrogens is 1. The Morgan fingerprint density at radius 3 is 2.65 bits per heavy atom. The molecule has 2 aromatic rings. The molecule has 1 amide bonds. The first kappa shape index (κ1) is 18.5. The third kappa shape index (κ3) is 4.47. The Bertz CT molecular complexity index is 869. The number of benzene rings is 1. The van der Waals surface area contributed by atoms with Crippen molar-refractivity contribution in [3.8, 4) is 0 Å². The lowest BCUT2D eigenvalue weighted by molar-refractivity contribution is 0.0758. The number of sulfonamides is 1. The molecule has 1 aromatic carbocycles. The van der Waals surface area contributed by atoms with Crippen molar-refractivity contribution < 1.29 is 13.2 Å². The molecule has 1 saturated heterocycles. The maximum Gasteiger partial charge on any atom is 0.272 e. The number of nitrogens with zero attached hydrogens (tertiary/aromatic N) is 3. The fourth-order valence-electron chi connectivity index (χ4n) is 3.13. The van der Waals surface area contributed by atoms with Gasteiger partial charge in [0.25, 0.3) is 5.91 Å². The Hall–Kier alpha value is -2.25. The lowest BCUT2D eigenvalue weighted by Crippen LogP contribution is -2.38. The van der Waals surface area contributed by atoms with Crippen LogP contribution in [0.15, 0.2) is 48.7 Å².